The lowest BCUT2D eigenvalue weighted by Gasteiger charge is -2.28. The molecule has 0 heterocycles. The Kier molecular flexibility index (Phi) is 7.86. The van der Waals surface area contributed by atoms with Crippen LogP contribution in [0.2, 0.25) is 0 Å². The first kappa shape index (κ1) is 23.3. The number of carbonyl (C=O) groups is 2. The summed E-state index contributed by atoms with van der Waals surface area (Å²) in [5, 5.41) is 18.4. The maximum absolute atomic E-state index is 12.6. The molecular weight excluding hydrogens is 360 g/mol. The van der Waals surface area contributed by atoms with Crippen molar-refractivity contribution in [3.63, 3.8) is 0 Å². The molecule has 0 aromatic heterocycles. The zero-order valence-electron chi connectivity index (χ0n) is 17.5. The first-order chi connectivity index (χ1) is 12.8. The summed E-state index contributed by atoms with van der Waals surface area (Å²) in [6.07, 6.45) is -0.402. The summed E-state index contributed by atoms with van der Waals surface area (Å²) in [7, 11) is 0. The van der Waals surface area contributed by atoms with Crippen molar-refractivity contribution in [3.05, 3.63) is 23.8 Å². The van der Waals surface area contributed by atoms with E-state index >= 15 is 0 Å². The molecular formula is C21H30N2O5. The Morgan fingerprint density at radius 3 is 2.32 bits per heavy atom. The molecule has 0 unspecified atom stereocenters. The van der Waals surface area contributed by atoms with E-state index in [1.54, 1.807) is 39.0 Å². The van der Waals surface area contributed by atoms with E-state index in [1.807, 2.05) is 20.8 Å². The van der Waals surface area contributed by atoms with Crippen molar-refractivity contribution in [2.45, 2.75) is 60.0 Å². The van der Waals surface area contributed by atoms with E-state index in [2.05, 4.69) is 6.07 Å². The van der Waals surface area contributed by atoms with Crippen LogP contribution in [-0.2, 0) is 9.53 Å². The van der Waals surface area contributed by atoms with E-state index in [9.17, 15) is 14.9 Å². The third-order valence-corrected chi connectivity index (χ3v) is 3.44. The van der Waals surface area contributed by atoms with Gasteiger partial charge in [-0.2, -0.15) is 5.26 Å². The highest BCUT2D eigenvalue weighted by Gasteiger charge is 2.24. The van der Waals surface area contributed by atoms with E-state index in [0.29, 0.717) is 23.6 Å². The molecule has 0 spiro atoms. The lowest BCUT2D eigenvalue weighted by Crippen LogP contribution is -2.37. The number of anilines is 1. The molecule has 7 nitrogen and oxygen atoms in total. The molecule has 1 aromatic carbocycles. The van der Waals surface area contributed by atoms with Gasteiger partial charge in [0.2, 0.25) is 0 Å². The number of nitrogens with zero attached hydrogens (tertiary/aromatic N) is 2. The number of benzene rings is 1. The standard InChI is InChI=1S/C21H30N2O5/c1-20(2,3)14-27-17-10-9-16(12-15(17)13-22)23(11-7-8-18(24)25)19(26)28-21(4,5)6/h9-10,12H,7-8,11,14H2,1-6H3,(H,24,25). The van der Waals surface area contributed by atoms with Crippen molar-refractivity contribution >= 4 is 17.7 Å². The van der Waals surface area contributed by atoms with Gasteiger partial charge in [-0.3, -0.25) is 9.69 Å². The smallest absolute Gasteiger partial charge is 0.414 e. The monoisotopic (exact) mass is 390 g/mol. The van der Waals surface area contributed by atoms with Crippen molar-refractivity contribution in [2.24, 2.45) is 5.41 Å². The van der Waals surface area contributed by atoms with Crippen LogP contribution in [0.5, 0.6) is 5.75 Å². The minimum atomic E-state index is -0.937. The molecule has 28 heavy (non-hydrogen) atoms. The first-order valence-corrected chi connectivity index (χ1v) is 9.22. The minimum Gasteiger partial charge on any atom is -0.492 e. The number of carboxylic acids is 1. The summed E-state index contributed by atoms with van der Waals surface area (Å²) in [5.41, 5.74) is -0.00591. The number of carbonyl (C=O) groups excluding carboxylic acids is 1. The van der Waals surface area contributed by atoms with Crippen molar-refractivity contribution in [1.82, 2.24) is 0 Å². The molecule has 0 radical (unpaired) electrons. The zero-order chi connectivity index (χ0) is 21.5. The third-order valence-electron chi connectivity index (χ3n) is 3.44. The highest BCUT2D eigenvalue weighted by molar-refractivity contribution is 5.88. The SMILES string of the molecule is CC(C)(C)COc1ccc(N(CCCC(=O)O)C(=O)OC(C)(C)C)cc1C#N. The lowest BCUT2D eigenvalue weighted by atomic mass is 9.98. The number of aliphatic carboxylic acids is 1. The van der Waals surface area contributed by atoms with Crippen LogP contribution >= 0.6 is 0 Å². The van der Waals surface area contributed by atoms with Crippen molar-refractivity contribution in [2.75, 3.05) is 18.1 Å². The molecule has 1 aromatic rings. The molecule has 154 valence electrons. The van der Waals surface area contributed by atoms with Crippen molar-refractivity contribution < 1.29 is 24.2 Å². The Hall–Kier alpha value is -2.75. The number of ether oxygens (including phenoxy) is 2. The molecule has 1 rings (SSSR count). The van der Waals surface area contributed by atoms with Crippen LogP contribution < -0.4 is 9.64 Å². The van der Waals surface area contributed by atoms with E-state index in [4.69, 9.17) is 14.6 Å². The number of hydrogen-bond acceptors (Lipinski definition) is 5. The molecule has 0 atom stereocenters. The van der Waals surface area contributed by atoms with Gasteiger partial charge in [-0.1, -0.05) is 20.8 Å². The number of nitriles is 1. The van der Waals surface area contributed by atoms with E-state index < -0.39 is 17.7 Å². The van der Waals surface area contributed by atoms with Gasteiger partial charge in [-0.15, -0.1) is 0 Å². The van der Waals surface area contributed by atoms with Gasteiger partial charge in [0.1, 0.15) is 17.4 Å². The van der Waals surface area contributed by atoms with Crippen molar-refractivity contribution in [1.29, 1.82) is 5.26 Å². The molecule has 1 N–H and O–H groups in total. The van der Waals surface area contributed by atoms with Gasteiger partial charge in [0.25, 0.3) is 0 Å². The van der Waals surface area contributed by atoms with Crippen molar-refractivity contribution in [3.8, 4) is 11.8 Å². The average molecular weight is 390 g/mol. The number of carboxylic acid groups (broad SMARTS) is 1. The van der Waals surface area contributed by atoms with E-state index in [0.717, 1.165) is 0 Å². The number of amides is 1. The second-order valence-corrected chi connectivity index (χ2v) is 8.77. The molecule has 0 aliphatic carbocycles. The predicted octanol–water partition coefficient (Wildman–Crippen LogP) is 4.59. The van der Waals surface area contributed by atoms with Crippen LogP contribution in [0.4, 0.5) is 10.5 Å². The molecule has 0 aliphatic rings. The summed E-state index contributed by atoms with van der Waals surface area (Å²) in [6.45, 7) is 11.9. The summed E-state index contributed by atoms with van der Waals surface area (Å²) in [5.74, 6) is -0.497. The first-order valence-electron chi connectivity index (χ1n) is 9.22. The topological polar surface area (TPSA) is 99.9 Å². The number of hydrogen-bond donors (Lipinski definition) is 1. The summed E-state index contributed by atoms with van der Waals surface area (Å²) in [6, 6.07) is 6.97. The largest absolute Gasteiger partial charge is 0.492 e. The average Bonchev–Trinajstić information content (AvgIpc) is 2.54. The maximum Gasteiger partial charge on any atom is 0.414 e. The molecule has 0 saturated heterocycles. The Bertz CT molecular complexity index is 739. The van der Waals surface area contributed by atoms with Crippen LogP contribution in [0.15, 0.2) is 18.2 Å². The second-order valence-electron chi connectivity index (χ2n) is 8.77. The van der Waals surface area contributed by atoms with Gasteiger partial charge in [-0.25, -0.2) is 4.79 Å². The van der Waals surface area contributed by atoms with Crippen LogP contribution in [0.3, 0.4) is 0 Å². The second kappa shape index (κ2) is 9.45. The molecule has 0 fully saturated rings. The Morgan fingerprint density at radius 2 is 1.82 bits per heavy atom. The van der Waals surface area contributed by atoms with Crippen LogP contribution in [-0.4, -0.2) is 35.9 Å². The van der Waals surface area contributed by atoms with Crippen LogP contribution in [0.1, 0.15) is 59.9 Å². The number of rotatable bonds is 7. The molecule has 0 aliphatic heterocycles. The summed E-state index contributed by atoms with van der Waals surface area (Å²) < 4.78 is 11.2. The molecule has 0 saturated carbocycles. The Morgan fingerprint density at radius 1 is 1.18 bits per heavy atom. The van der Waals surface area contributed by atoms with Gasteiger partial charge in [0, 0.05) is 18.7 Å². The lowest BCUT2D eigenvalue weighted by molar-refractivity contribution is -0.137. The molecule has 7 heteroatoms. The fourth-order valence-electron chi connectivity index (χ4n) is 2.22. The summed E-state index contributed by atoms with van der Waals surface area (Å²) >= 11 is 0. The fourth-order valence-corrected chi connectivity index (χ4v) is 2.22. The maximum atomic E-state index is 12.6. The van der Waals surface area contributed by atoms with Gasteiger partial charge in [0.15, 0.2) is 0 Å². The molecule has 0 bridgehead atoms. The Balaban J connectivity index is 3.12. The van der Waals surface area contributed by atoms with E-state index in [1.165, 1.54) is 4.90 Å². The van der Waals surface area contributed by atoms with Gasteiger partial charge in [-0.05, 0) is 50.8 Å². The highest BCUT2D eigenvalue weighted by Crippen LogP contribution is 2.28. The predicted molar refractivity (Wildman–Crippen MR) is 107 cm³/mol. The van der Waals surface area contributed by atoms with Gasteiger partial charge >= 0.3 is 12.1 Å². The summed E-state index contributed by atoms with van der Waals surface area (Å²) in [4.78, 5) is 24.8. The Labute approximate surface area is 166 Å². The highest BCUT2D eigenvalue weighted by atomic mass is 16.6. The zero-order valence-corrected chi connectivity index (χ0v) is 17.5. The van der Waals surface area contributed by atoms with E-state index in [-0.39, 0.29) is 24.8 Å². The van der Waals surface area contributed by atoms with Gasteiger partial charge in [0.05, 0.1) is 12.2 Å². The van der Waals surface area contributed by atoms with Gasteiger partial charge < -0.3 is 14.6 Å². The van der Waals surface area contributed by atoms with Crippen LogP contribution in [0, 0.1) is 16.7 Å². The third kappa shape index (κ3) is 8.30. The minimum absolute atomic E-state index is 0.0647. The fraction of sp³-hybridized carbons (Fsp3) is 0.571. The normalized spacial score (nSPS) is 11.5. The quantitative estimate of drug-likeness (QED) is 0.731. The van der Waals surface area contributed by atoms with Crippen LogP contribution in [0.25, 0.3) is 0 Å². The molecule has 1 amide bonds.